The molecule has 1 saturated heterocycles. The van der Waals surface area contributed by atoms with Crippen LogP contribution in [0, 0.1) is 17.6 Å². The maximum absolute atomic E-state index is 15.4. The fourth-order valence-electron chi connectivity index (χ4n) is 5.44. The monoisotopic (exact) mass is 583 g/mol. The Bertz CT molecular complexity index is 1550. The van der Waals surface area contributed by atoms with Crippen LogP contribution in [0.25, 0.3) is 0 Å². The largest absolute Gasteiger partial charge is 0.490 e. The van der Waals surface area contributed by atoms with Crippen molar-refractivity contribution >= 4 is 31.3 Å². The van der Waals surface area contributed by atoms with Crippen LogP contribution >= 0.6 is 11.6 Å². The first-order valence-corrected chi connectivity index (χ1v) is 15.6. The molecule has 3 heterocycles. The summed E-state index contributed by atoms with van der Waals surface area (Å²) in [7, 11) is -7.99. The number of benzene rings is 2. The second-order valence-corrected chi connectivity index (χ2v) is 14.2. The fraction of sp³-hybridized carbons (Fsp3) is 0.346. The quantitative estimate of drug-likeness (QED) is 0.404. The highest BCUT2D eigenvalue weighted by Crippen LogP contribution is 2.56. The van der Waals surface area contributed by atoms with Crippen molar-refractivity contribution in [3.8, 4) is 5.75 Å². The molecule has 0 spiro atoms. The third-order valence-corrected chi connectivity index (χ3v) is 11.6. The minimum absolute atomic E-state index is 0.0548. The van der Waals surface area contributed by atoms with Crippen molar-refractivity contribution in [1.82, 2.24) is 4.98 Å². The first-order valence-electron chi connectivity index (χ1n) is 11.9. The van der Waals surface area contributed by atoms with Gasteiger partial charge in [0.15, 0.2) is 31.2 Å². The molecule has 2 aliphatic heterocycles. The van der Waals surface area contributed by atoms with Crippen molar-refractivity contribution in [2.45, 2.75) is 34.3 Å². The summed E-state index contributed by atoms with van der Waals surface area (Å²) in [6.07, 6.45) is 1.86. The van der Waals surface area contributed by atoms with E-state index in [4.69, 9.17) is 21.1 Å². The van der Waals surface area contributed by atoms with Gasteiger partial charge in [-0.3, -0.25) is 4.98 Å². The van der Waals surface area contributed by atoms with E-state index in [1.54, 1.807) is 12.1 Å². The number of nitrogens with zero attached hydrogens (tertiary/aromatic N) is 1. The predicted molar refractivity (Wildman–Crippen MR) is 136 cm³/mol. The zero-order valence-electron chi connectivity index (χ0n) is 20.0. The van der Waals surface area contributed by atoms with Crippen LogP contribution in [0.1, 0.15) is 24.0 Å². The lowest BCUT2D eigenvalue weighted by atomic mass is 9.75. The van der Waals surface area contributed by atoms with E-state index in [0.717, 1.165) is 12.1 Å². The Morgan fingerprint density at radius 3 is 2.47 bits per heavy atom. The lowest BCUT2D eigenvalue weighted by Crippen LogP contribution is -2.57. The van der Waals surface area contributed by atoms with E-state index in [1.807, 2.05) is 0 Å². The number of hydrogen-bond acceptors (Lipinski definition) is 7. The van der Waals surface area contributed by atoms with E-state index in [1.165, 1.54) is 36.7 Å². The molecular formula is C26H24ClF2NO6S2. The Kier molecular flexibility index (Phi) is 7.23. The molecule has 0 amide bonds. The average Bonchev–Trinajstić information content (AvgIpc) is 2.89. The molecule has 0 saturated carbocycles. The molecule has 3 aromatic rings. The Morgan fingerprint density at radius 2 is 1.76 bits per heavy atom. The highest BCUT2D eigenvalue weighted by Gasteiger charge is 2.61. The molecule has 38 heavy (non-hydrogen) atoms. The summed E-state index contributed by atoms with van der Waals surface area (Å²) in [5.74, 6) is -3.82. The Balaban J connectivity index is 1.56. The highest BCUT2D eigenvalue weighted by molar-refractivity contribution is 7.92. The van der Waals surface area contributed by atoms with Gasteiger partial charge in [-0.15, -0.1) is 0 Å². The standard InChI is InChI=1S/C26H24ClF2NO6S2/c27-18-3-5-19(6-4-18)38(33,34)26-10-12-35-23(9-13-37(31,32)16-17-2-1-11-30-14-17)20(26)15-36-25-22(29)8-7-21(28)24(25)26/h1-8,11,14,20,23H,9-10,12-13,15-16H2/t20-,23-,26-/m0/s1. The van der Waals surface area contributed by atoms with Gasteiger partial charge in [0.2, 0.25) is 0 Å². The number of sulfone groups is 2. The Labute approximate surface area is 224 Å². The summed E-state index contributed by atoms with van der Waals surface area (Å²) in [6.45, 7) is -0.403. The van der Waals surface area contributed by atoms with Crippen molar-refractivity contribution in [3.63, 3.8) is 0 Å². The fourth-order valence-corrected chi connectivity index (χ4v) is 9.32. The van der Waals surface area contributed by atoms with E-state index in [-0.39, 0.29) is 42.5 Å². The molecule has 3 atom stereocenters. The van der Waals surface area contributed by atoms with Crippen LogP contribution in [-0.2, 0) is 34.9 Å². The summed E-state index contributed by atoms with van der Waals surface area (Å²) >= 11 is 5.97. The van der Waals surface area contributed by atoms with Gasteiger partial charge in [0.25, 0.3) is 0 Å². The number of pyridine rings is 1. The SMILES string of the molecule is O=S(=O)(CC[C@@H]1OCC[C@@]2(S(=O)(=O)c3ccc(Cl)cc3)c3c(F)ccc(F)c3OC[C@@H]12)Cc1cccnc1. The summed E-state index contributed by atoms with van der Waals surface area (Å²) in [5, 5.41) is 0.311. The molecule has 12 heteroatoms. The maximum Gasteiger partial charge on any atom is 0.189 e. The topological polar surface area (TPSA) is 99.6 Å². The Hall–Kier alpha value is -2.60. The third kappa shape index (κ3) is 4.70. The first-order chi connectivity index (χ1) is 18.0. The molecule has 1 fully saturated rings. The second kappa shape index (κ2) is 10.2. The maximum atomic E-state index is 15.4. The summed E-state index contributed by atoms with van der Waals surface area (Å²) in [4.78, 5) is 3.82. The number of rotatable bonds is 7. The molecule has 0 bridgehead atoms. The van der Waals surface area contributed by atoms with Gasteiger partial charge in [0.1, 0.15) is 10.6 Å². The van der Waals surface area contributed by atoms with Crippen LogP contribution in [0.5, 0.6) is 5.75 Å². The van der Waals surface area contributed by atoms with Crippen molar-refractivity contribution in [1.29, 1.82) is 0 Å². The second-order valence-electron chi connectivity index (χ2n) is 9.40. The summed E-state index contributed by atoms with van der Waals surface area (Å²) in [5.41, 5.74) is 0.124. The molecular weight excluding hydrogens is 560 g/mol. The van der Waals surface area contributed by atoms with E-state index < -0.39 is 59.4 Å². The van der Waals surface area contributed by atoms with Gasteiger partial charge < -0.3 is 9.47 Å². The number of fused-ring (bicyclic) bond motifs is 3. The van der Waals surface area contributed by atoms with Gasteiger partial charge in [-0.05, 0) is 60.9 Å². The third-order valence-electron chi connectivity index (χ3n) is 7.17. The minimum Gasteiger partial charge on any atom is -0.490 e. The van der Waals surface area contributed by atoms with Crippen molar-refractivity contribution in [2.24, 2.45) is 5.92 Å². The minimum atomic E-state index is -4.37. The van der Waals surface area contributed by atoms with Crippen LogP contribution in [-0.4, -0.2) is 46.9 Å². The molecule has 5 rings (SSSR count). The van der Waals surface area contributed by atoms with Crippen molar-refractivity contribution in [2.75, 3.05) is 19.0 Å². The molecule has 0 N–H and O–H groups in total. The molecule has 7 nitrogen and oxygen atoms in total. The van der Waals surface area contributed by atoms with Gasteiger partial charge in [-0.1, -0.05) is 17.7 Å². The van der Waals surface area contributed by atoms with Crippen LogP contribution in [0.15, 0.2) is 65.8 Å². The molecule has 202 valence electrons. The number of ether oxygens (including phenoxy) is 2. The van der Waals surface area contributed by atoms with Gasteiger partial charge in [-0.25, -0.2) is 25.6 Å². The summed E-state index contributed by atoms with van der Waals surface area (Å²) in [6, 6.07) is 10.5. The van der Waals surface area contributed by atoms with Gasteiger partial charge in [0.05, 0.1) is 34.7 Å². The van der Waals surface area contributed by atoms with Gasteiger partial charge in [-0.2, -0.15) is 0 Å². The number of halogens is 3. The lowest BCUT2D eigenvalue weighted by molar-refractivity contribution is -0.0732. The lowest BCUT2D eigenvalue weighted by Gasteiger charge is -2.50. The van der Waals surface area contributed by atoms with Crippen LogP contribution in [0.4, 0.5) is 8.78 Å². The predicted octanol–water partition coefficient (Wildman–Crippen LogP) is 4.49. The van der Waals surface area contributed by atoms with Crippen LogP contribution in [0.3, 0.4) is 0 Å². The first kappa shape index (κ1) is 27.0. The zero-order valence-corrected chi connectivity index (χ0v) is 22.4. The van der Waals surface area contributed by atoms with E-state index in [0.29, 0.717) is 10.6 Å². The molecule has 2 aromatic carbocycles. The zero-order chi connectivity index (χ0) is 27.1. The van der Waals surface area contributed by atoms with E-state index in [2.05, 4.69) is 4.98 Å². The average molecular weight is 584 g/mol. The molecule has 1 aromatic heterocycles. The highest BCUT2D eigenvalue weighted by atomic mass is 35.5. The number of hydrogen-bond donors (Lipinski definition) is 0. The number of aromatic nitrogens is 1. The normalized spacial score (nSPS) is 23.2. The van der Waals surface area contributed by atoms with Crippen molar-refractivity contribution < 1.29 is 35.1 Å². The molecule has 0 radical (unpaired) electrons. The molecule has 0 aliphatic carbocycles. The molecule has 0 unspecified atom stereocenters. The Morgan fingerprint density at radius 1 is 1.03 bits per heavy atom. The molecule has 2 aliphatic rings. The van der Waals surface area contributed by atoms with Crippen LogP contribution in [0.2, 0.25) is 5.02 Å². The van der Waals surface area contributed by atoms with Crippen molar-refractivity contribution in [3.05, 3.63) is 88.7 Å². The van der Waals surface area contributed by atoms with Crippen LogP contribution < -0.4 is 4.74 Å². The van der Waals surface area contributed by atoms with E-state index in [9.17, 15) is 21.2 Å². The van der Waals surface area contributed by atoms with Gasteiger partial charge >= 0.3 is 0 Å². The van der Waals surface area contributed by atoms with E-state index >= 15 is 4.39 Å². The smallest absolute Gasteiger partial charge is 0.189 e. The van der Waals surface area contributed by atoms with Gasteiger partial charge in [0, 0.05) is 29.9 Å². The summed E-state index contributed by atoms with van der Waals surface area (Å²) < 4.78 is 94.2.